The largest absolute Gasteiger partial charge is 0.465 e. The van der Waals surface area contributed by atoms with Crippen LogP contribution in [-0.2, 0) is 14.3 Å². The molecule has 0 unspecified atom stereocenters. The van der Waals surface area contributed by atoms with Crippen molar-refractivity contribution < 1.29 is 23.5 Å². The van der Waals surface area contributed by atoms with Crippen molar-refractivity contribution in [3.8, 4) is 0 Å². The molecule has 0 spiro atoms. The Morgan fingerprint density at radius 3 is 2.53 bits per heavy atom. The molecule has 0 saturated carbocycles. The molecule has 0 radical (unpaired) electrons. The first-order chi connectivity index (χ1) is 8.81. The first-order valence-electron chi connectivity index (χ1n) is 5.65. The van der Waals surface area contributed by atoms with Gasteiger partial charge in [-0.05, 0) is 32.9 Å². The maximum Gasteiger partial charge on any atom is 0.412 e. The molecule has 0 aliphatic carbocycles. The molecule has 6 heteroatoms. The number of carbonyl (C=O) groups excluding carboxylic acids is 2. The van der Waals surface area contributed by atoms with Gasteiger partial charge in [-0.15, -0.1) is 0 Å². The second-order valence-corrected chi connectivity index (χ2v) is 4.69. The van der Waals surface area contributed by atoms with Gasteiger partial charge in [0, 0.05) is 6.08 Å². The van der Waals surface area contributed by atoms with Crippen LogP contribution in [0, 0.1) is 0 Å². The van der Waals surface area contributed by atoms with E-state index >= 15 is 0 Å². The van der Waals surface area contributed by atoms with Gasteiger partial charge in [0.05, 0.1) is 13.4 Å². The Labute approximate surface area is 111 Å². The van der Waals surface area contributed by atoms with E-state index in [9.17, 15) is 9.59 Å². The molecule has 104 valence electrons. The Hall–Kier alpha value is -2.24. The summed E-state index contributed by atoms with van der Waals surface area (Å²) >= 11 is 0. The number of nitrogens with one attached hydrogen (secondary N) is 1. The van der Waals surface area contributed by atoms with Crippen molar-refractivity contribution in [3.63, 3.8) is 0 Å². The number of carbonyl (C=O) groups is 2. The van der Waals surface area contributed by atoms with Crippen LogP contribution in [0.1, 0.15) is 26.5 Å². The summed E-state index contributed by atoms with van der Waals surface area (Å²) in [6, 6.07) is 3.30. The summed E-state index contributed by atoms with van der Waals surface area (Å²) in [5.74, 6) is -0.279. The molecule has 1 N–H and O–H groups in total. The molecule has 1 aromatic rings. The molecule has 0 bridgehead atoms. The lowest BCUT2D eigenvalue weighted by molar-refractivity contribution is -0.136. The summed E-state index contributed by atoms with van der Waals surface area (Å²) in [5, 5.41) is 2.33. The number of hydrogen-bond donors (Lipinski definition) is 1. The van der Waals surface area contributed by atoms with Crippen molar-refractivity contribution in [3.05, 3.63) is 29.9 Å². The van der Waals surface area contributed by atoms with Crippen LogP contribution in [0.25, 0.3) is 6.08 Å². The number of furan rings is 1. The predicted octanol–water partition coefficient (Wildman–Crippen LogP) is 2.32. The fraction of sp³-hybridized carbons (Fsp3) is 0.385. The summed E-state index contributed by atoms with van der Waals surface area (Å²) in [6.07, 6.45) is 2.07. The Bertz CT molecular complexity index is 468. The molecular formula is C13H17NO5. The lowest BCUT2D eigenvalue weighted by atomic mass is 10.2. The third kappa shape index (κ3) is 5.29. The van der Waals surface area contributed by atoms with Gasteiger partial charge in [0.1, 0.15) is 17.1 Å². The topological polar surface area (TPSA) is 77.8 Å². The predicted molar refractivity (Wildman–Crippen MR) is 68.1 cm³/mol. The van der Waals surface area contributed by atoms with E-state index in [-0.39, 0.29) is 5.70 Å². The summed E-state index contributed by atoms with van der Waals surface area (Å²) in [5.41, 5.74) is -0.720. The molecule has 6 nitrogen and oxygen atoms in total. The number of ether oxygens (including phenoxy) is 2. The van der Waals surface area contributed by atoms with E-state index in [1.165, 1.54) is 19.4 Å². The van der Waals surface area contributed by atoms with Gasteiger partial charge < -0.3 is 13.9 Å². The van der Waals surface area contributed by atoms with Crippen LogP contribution in [0.2, 0.25) is 0 Å². The minimum Gasteiger partial charge on any atom is -0.465 e. The van der Waals surface area contributed by atoms with Crippen molar-refractivity contribution in [1.82, 2.24) is 5.32 Å². The lowest BCUT2D eigenvalue weighted by Gasteiger charge is -2.19. The van der Waals surface area contributed by atoms with Gasteiger partial charge in [0.2, 0.25) is 0 Å². The van der Waals surface area contributed by atoms with Crippen LogP contribution >= 0.6 is 0 Å². The van der Waals surface area contributed by atoms with Gasteiger partial charge in [0.15, 0.2) is 0 Å². The number of alkyl carbamates (subject to hydrolysis) is 1. The normalized spacial score (nSPS) is 11.9. The van der Waals surface area contributed by atoms with E-state index < -0.39 is 17.7 Å². The molecule has 0 aliphatic heterocycles. The fourth-order valence-corrected chi connectivity index (χ4v) is 1.19. The third-order valence-electron chi connectivity index (χ3n) is 1.87. The van der Waals surface area contributed by atoms with E-state index in [0.717, 1.165) is 0 Å². The SMILES string of the molecule is COC(=O)/C(=C/c1ccco1)NC(=O)OC(C)(C)C. The Kier molecular flexibility index (Phi) is 4.74. The molecule has 1 heterocycles. The lowest BCUT2D eigenvalue weighted by Crippen LogP contribution is -2.34. The first kappa shape index (κ1) is 14.8. The highest BCUT2D eigenvalue weighted by Gasteiger charge is 2.20. The maximum atomic E-state index is 11.6. The van der Waals surface area contributed by atoms with E-state index in [2.05, 4.69) is 10.1 Å². The van der Waals surface area contributed by atoms with Crippen LogP contribution in [-0.4, -0.2) is 24.8 Å². The minimum absolute atomic E-state index is 0.0632. The Morgan fingerprint density at radius 2 is 2.05 bits per heavy atom. The van der Waals surface area contributed by atoms with Crippen molar-refractivity contribution in [2.45, 2.75) is 26.4 Å². The highest BCUT2D eigenvalue weighted by molar-refractivity contribution is 5.96. The summed E-state index contributed by atoms with van der Waals surface area (Å²) in [4.78, 5) is 23.1. The number of hydrogen-bond acceptors (Lipinski definition) is 5. The van der Waals surface area contributed by atoms with Gasteiger partial charge in [-0.2, -0.15) is 0 Å². The number of amides is 1. The summed E-state index contributed by atoms with van der Waals surface area (Å²) < 4.78 is 14.7. The molecule has 0 fully saturated rings. The van der Waals surface area contributed by atoms with Crippen LogP contribution in [0.5, 0.6) is 0 Å². The highest BCUT2D eigenvalue weighted by Crippen LogP contribution is 2.10. The van der Waals surface area contributed by atoms with Crippen molar-refractivity contribution in [1.29, 1.82) is 0 Å². The first-order valence-corrected chi connectivity index (χ1v) is 5.65. The smallest absolute Gasteiger partial charge is 0.412 e. The van der Waals surface area contributed by atoms with Crippen LogP contribution in [0.4, 0.5) is 4.79 Å². The number of methoxy groups -OCH3 is 1. The van der Waals surface area contributed by atoms with E-state index in [0.29, 0.717) is 5.76 Å². The average Bonchev–Trinajstić information content (AvgIpc) is 2.77. The molecule has 0 aromatic carbocycles. The Balaban J connectivity index is 2.82. The van der Waals surface area contributed by atoms with Gasteiger partial charge in [-0.3, -0.25) is 5.32 Å². The monoisotopic (exact) mass is 267 g/mol. The number of rotatable bonds is 3. The van der Waals surface area contributed by atoms with Gasteiger partial charge in [-0.1, -0.05) is 0 Å². The van der Waals surface area contributed by atoms with Crippen molar-refractivity contribution in [2.75, 3.05) is 7.11 Å². The standard InChI is InChI=1S/C13H17NO5/c1-13(2,3)19-12(16)14-10(11(15)17-4)8-9-6-5-7-18-9/h5-8H,1-4H3,(H,14,16)/b10-8-. The van der Waals surface area contributed by atoms with Crippen molar-refractivity contribution in [2.24, 2.45) is 0 Å². The minimum atomic E-state index is -0.740. The number of esters is 1. The molecule has 1 rings (SSSR count). The zero-order valence-electron chi connectivity index (χ0n) is 11.4. The molecule has 0 atom stereocenters. The summed E-state index contributed by atoms with van der Waals surface area (Å²) in [7, 11) is 1.22. The van der Waals surface area contributed by atoms with Crippen molar-refractivity contribution >= 4 is 18.1 Å². The fourth-order valence-electron chi connectivity index (χ4n) is 1.19. The van der Waals surface area contributed by atoms with E-state index in [1.807, 2.05) is 0 Å². The zero-order valence-corrected chi connectivity index (χ0v) is 11.4. The quantitative estimate of drug-likeness (QED) is 0.671. The molecule has 1 aromatic heterocycles. The van der Waals surface area contributed by atoms with Crippen LogP contribution in [0.15, 0.2) is 28.5 Å². The molecular weight excluding hydrogens is 250 g/mol. The van der Waals surface area contributed by atoms with Crippen LogP contribution in [0.3, 0.4) is 0 Å². The third-order valence-corrected chi connectivity index (χ3v) is 1.87. The van der Waals surface area contributed by atoms with E-state index in [4.69, 9.17) is 9.15 Å². The Morgan fingerprint density at radius 1 is 1.37 bits per heavy atom. The second kappa shape index (κ2) is 6.08. The maximum absolute atomic E-state index is 11.6. The second-order valence-electron chi connectivity index (χ2n) is 4.69. The summed E-state index contributed by atoms with van der Waals surface area (Å²) in [6.45, 7) is 5.17. The molecule has 0 aliphatic rings. The van der Waals surface area contributed by atoms with Gasteiger partial charge >= 0.3 is 12.1 Å². The highest BCUT2D eigenvalue weighted by atomic mass is 16.6. The average molecular weight is 267 g/mol. The molecule has 19 heavy (non-hydrogen) atoms. The van der Waals surface area contributed by atoms with E-state index in [1.54, 1.807) is 32.9 Å². The molecule has 0 saturated heterocycles. The van der Waals surface area contributed by atoms with Crippen LogP contribution < -0.4 is 5.32 Å². The molecule has 1 amide bonds. The van der Waals surface area contributed by atoms with Gasteiger partial charge in [-0.25, -0.2) is 9.59 Å². The zero-order chi connectivity index (χ0) is 14.5. The van der Waals surface area contributed by atoms with Gasteiger partial charge in [0.25, 0.3) is 0 Å².